The summed E-state index contributed by atoms with van der Waals surface area (Å²) in [6.07, 6.45) is 2.90. The number of rotatable bonds is 6. The second-order valence-electron chi connectivity index (χ2n) is 7.99. The van der Waals surface area contributed by atoms with E-state index in [2.05, 4.69) is 14.9 Å². The molecule has 2 fully saturated rings. The van der Waals surface area contributed by atoms with Crippen molar-refractivity contribution in [2.75, 3.05) is 43.6 Å². The van der Waals surface area contributed by atoms with Crippen LogP contribution in [0.3, 0.4) is 0 Å². The summed E-state index contributed by atoms with van der Waals surface area (Å²) < 4.78 is 11.7. The fourth-order valence-electron chi connectivity index (χ4n) is 3.66. The third-order valence-corrected chi connectivity index (χ3v) is 5.99. The van der Waals surface area contributed by atoms with Gasteiger partial charge in [-0.25, -0.2) is 4.98 Å². The molecule has 2 heterocycles. The normalized spacial score (nSPS) is 20.9. The van der Waals surface area contributed by atoms with Crippen LogP contribution in [0.1, 0.15) is 36.6 Å². The molecule has 2 aliphatic rings. The Balaban J connectivity index is 1.58. The Morgan fingerprint density at radius 2 is 2.17 bits per heavy atom. The molecule has 1 aliphatic heterocycles. The highest BCUT2D eigenvalue weighted by atomic mass is 35.5. The predicted molar refractivity (Wildman–Crippen MR) is 112 cm³/mol. The van der Waals surface area contributed by atoms with Crippen molar-refractivity contribution in [2.24, 2.45) is 5.41 Å². The first kappa shape index (κ1) is 20.2. The Bertz CT molecular complexity index is 855. The Kier molecular flexibility index (Phi) is 5.81. The van der Waals surface area contributed by atoms with Crippen molar-refractivity contribution in [3.05, 3.63) is 40.5 Å². The van der Waals surface area contributed by atoms with Crippen LogP contribution in [0.4, 0.5) is 11.8 Å². The summed E-state index contributed by atoms with van der Waals surface area (Å²) in [5.74, 6) is 1.75. The average molecular weight is 419 g/mol. The third kappa shape index (κ3) is 4.57. The zero-order valence-corrected chi connectivity index (χ0v) is 17.4. The molecule has 0 unspecified atom stereocenters. The molecule has 156 valence electrons. The van der Waals surface area contributed by atoms with E-state index in [0.717, 1.165) is 42.9 Å². The van der Waals surface area contributed by atoms with E-state index in [1.54, 1.807) is 0 Å². The minimum Gasteiger partial charge on any atom is -0.493 e. The monoisotopic (exact) mass is 418 g/mol. The molecule has 1 atom stereocenters. The molecule has 3 N–H and O–H groups in total. The van der Waals surface area contributed by atoms with Gasteiger partial charge >= 0.3 is 0 Å². The zero-order valence-electron chi connectivity index (χ0n) is 16.6. The van der Waals surface area contributed by atoms with Gasteiger partial charge in [0.2, 0.25) is 5.95 Å². The largest absolute Gasteiger partial charge is 0.493 e. The van der Waals surface area contributed by atoms with E-state index in [4.69, 9.17) is 26.8 Å². The highest BCUT2D eigenvalue weighted by Gasteiger charge is 2.43. The minimum atomic E-state index is -0.0834. The number of nitrogen functional groups attached to an aromatic ring is 1. The summed E-state index contributed by atoms with van der Waals surface area (Å²) >= 11 is 6.66. The standard InChI is InChI=1S/C21H27ClN4O3/c1-14-9-19(25-20(23)24-14)26-7-2-8-28-11-18(26)16-4-3-15(10-17(16)22)29-13-21(12-27)5-6-21/h3-4,9-10,18,27H,2,5-8,11-13H2,1H3,(H2,23,24,25)/t18-/m0/s1. The highest BCUT2D eigenvalue weighted by molar-refractivity contribution is 6.31. The number of halogens is 1. The van der Waals surface area contributed by atoms with Crippen molar-refractivity contribution in [2.45, 2.75) is 32.2 Å². The summed E-state index contributed by atoms with van der Waals surface area (Å²) in [6.45, 7) is 4.56. The maximum Gasteiger partial charge on any atom is 0.222 e. The van der Waals surface area contributed by atoms with Crippen LogP contribution in [0.15, 0.2) is 24.3 Å². The van der Waals surface area contributed by atoms with Crippen LogP contribution in [-0.4, -0.2) is 48.0 Å². The second-order valence-corrected chi connectivity index (χ2v) is 8.40. The number of nitrogens with two attached hydrogens (primary N) is 1. The van der Waals surface area contributed by atoms with Crippen LogP contribution in [0.2, 0.25) is 5.02 Å². The van der Waals surface area contributed by atoms with Gasteiger partial charge in [-0.2, -0.15) is 4.98 Å². The SMILES string of the molecule is Cc1cc(N2CCCOC[C@H]2c2ccc(OCC3(CO)CC3)cc2Cl)nc(N)n1. The van der Waals surface area contributed by atoms with Crippen molar-refractivity contribution >= 4 is 23.4 Å². The highest BCUT2D eigenvalue weighted by Crippen LogP contribution is 2.45. The molecule has 1 saturated carbocycles. The Labute approximate surface area is 175 Å². The number of aliphatic hydroxyl groups excluding tert-OH is 1. The fourth-order valence-corrected chi connectivity index (χ4v) is 3.96. The van der Waals surface area contributed by atoms with Gasteiger partial charge < -0.3 is 25.2 Å². The summed E-state index contributed by atoms with van der Waals surface area (Å²) in [4.78, 5) is 10.8. The summed E-state index contributed by atoms with van der Waals surface area (Å²) in [5, 5.41) is 10.1. The first-order valence-electron chi connectivity index (χ1n) is 9.98. The van der Waals surface area contributed by atoms with Crippen molar-refractivity contribution in [3.8, 4) is 5.75 Å². The predicted octanol–water partition coefficient (Wildman–Crippen LogP) is 3.14. The van der Waals surface area contributed by atoms with Crippen molar-refractivity contribution in [3.63, 3.8) is 0 Å². The van der Waals surface area contributed by atoms with Gasteiger partial charge in [-0.05, 0) is 43.9 Å². The summed E-state index contributed by atoms with van der Waals surface area (Å²) in [7, 11) is 0. The summed E-state index contributed by atoms with van der Waals surface area (Å²) in [5.41, 5.74) is 7.60. The van der Waals surface area contributed by atoms with Crippen LogP contribution in [0.5, 0.6) is 5.75 Å². The smallest absolute Gasteiger partial charge is 0.222 e. The van der Waals surface area contributed by atoms with E-state index in [9.17, 15) is 5.11 Å². The van der Waals surface area contributed by atoms with E-state index in [0.29, 0.717) is 30.6 Å². The van der Waals surface area contributed by atoms with Crippen LogP contribution in [-0.2, 0) is 4.74 Å². The number of aryl methyl sites for hydroxylation is 1. The van der Waals surface area contributed by atoms with E-state index >= 15 is 0 Å². The molecule has 4 rings (SSSR count). The number of ether oxygens (including phenoxy) is 2. The number of aromatic nitrogens is 2. The quantitative estimate of drug-likeness (QED) is 0.744. The van der Waals surface area contributed by atoms with Gasteiger partial charge in [0.05, 0.1) is 25.9 Å². The number of anilines is 2. The number of nitrogens with zero attached hydrogens (tertiary/aromatic N) is 3. The van der Waals surface area contributed by atoms with Gasteiger partial charge in [-0.15, -0.1) is 0 Å². The van der Waals surface area contributed by atoms with Crippen LogP contribution in [0, 0.1) is 12.3 Å². The Morgan fingerprint density at radius 1 is 1.34 bits per heavy atom. The molecule has 8 heteroatoms. The van der Waals surface area contributed by atoms with Crippen LogP contribution >= 0.6 is 11.6 Å². The van der Waals surface area contributed by atoms with Gasteiger partial charge in [0, 0.05) is 35.3 Å². The molecule has 0 amide bonds. The number of benzene rings is 1. The molecule has 0 bridgehead atoms. The number of aliphatic hydroxyl groups is 1. The van der Waals surface area contributed by atoms with Gasteiger partial charge in [-0.3, -0.25) is 0 Å². The lowest BCUT2D eigenvalue weighted by molar-refractivity contribution is 0.134. The van der Waals surface area contributed by atoms with Gasteiger partial charge in [0.25, 0.3) is 0 Å². The van der Waals surface area contributed by atoms with Gasteiger partial charge in [-0.1, -0.05) is 17.7 Å². The maximum absolute atomic E-state index is 9.46. The lowest BCUT2D eigenvalue weighted by Gasteiger charge is -2.31. The molecule has 29 heavy (non-hydrogen) atoms. The second kappa shape index (κ2) is 8.34. The van der Waals surface area contributed by atoms with Crippen molar-refractivity contribution < 1.29 is 14.6 Å². The van der Waals surface area contributed by atoms with E-state index in [1.807, 2.05) is 31.2 Å². The molecule has 1 aromatic carbocycles. The first-order valence-corrected chi connectivity index (χ1v) is 10.4. The molecule has 0 radical (unpaired) electrons. The fraction of sp³-hybridized carbons (Fsp3) is 0.524. The molecule has 1 saturated heterocycles. The summed E-state index contributed by atoms with van der Waals surface area (Å²) in [6, 6.07) is 7.61. The molecule has 1 aromatic heterocycles. The van der Waals surface area contributed by atoms with Crippen LogP contribution < -0.4 is 15.4 Å². The molecule has 0 spiro atoms. The molecule has 7 nitrogen and oxygen atoms in total. The van der Waals surface area contributed by atoms with E-state index < -0.39 is 0 Å². The van der Waals surface area contributed by atoms with Crippen LogP contribution in [0.25, 0.3) is 0 Å². The molecule has 2 aromatic rings. The van der Waals surface area contributed by atoms with E-state index in [-0.39, 0.29) is 24.0 Å². The zero-order chi connectivity index (χ0) is 20.4. The lowest BCUT2D eigenvalue weighted by Crippen LogP contribution is -2.32. The van der Waals surface area contributed by atoms with Gasteiger partial charge in [0.1, 0.15) is 11.6 Å². The molecular weight excluding hydrogens is 392 g/mol. The van der Waals surface area contributed by atoms with Gasteiger partial charge in [0.15, 0.2) is 0 Å². The molecule has 1 aliphatic carbocycles. The molecular formula is C21H27ClN4O3. The van der Waals surface area contributed by atoms with Crippen molar-refractivity contribution in [1.82, 2.24) is 9.97 Å². The maximum atomic E-state index is 9.46. The number of hydrogen-bond donors (Lipinski definition) is 2. The average Bonchev–Trinajstić information content (AvgIpc) is 3.50. The van der Waals surface area contributed by atoms with E-state index in [1.165, 1.54) is 0 Å². The van der Waals surface area contributed by atoms with Crippen molar-refractivity contribution in [1.29, 1.82) is 0 Å². The Hall–Kier alpha value is -2.09. The third-order valence-electron chi connectivity index (χ3n) is 5.66. The Morgan fingerprint density at radius 3 is 2.86 bits per heavy atom. The lowest BCUT2D eigenvalue weighted by atomic mass is 10.0. The first-order chi connectivity index (χ1) is 14.0. The topological polar surface area (TPSA) is 93.7 Å². The minimum absolute atomic E-state index is 0.0676. The number of hydrogen-bond acceptors (Lipinski definition) is 7.